The van der Waals surface area contributed by atoms with Crippen LogP contribution in [0.1, 0.15) is 17.5 Å². The Kier molecular flexibility index (Phi) is 7.67. The lowest BCUT2D eigenvalue weighted by Crippen LogP contribution is -2.16. The van der Waals surface area contributed by atoms with Crippen molar-refractivity contribution in [2.24, 2.45) is 0 Å². The number of hydrogen-bond acceptors (Lipinski definition) is 6. The highest BCUT2D eigenvalue weighted by atomic mass is 32.2. The Bertz CT molecular complexity index is 1190. The SMILES string of the molecule is COc1cccc(Cn2cc(NC(=O)CCS(=O)(=O)C=Cc3ccccc3)cn2)c1OC. The molecule has 0 unspecified atom stereocenters. The van der Waals surface area contributed by atoms with Crippen LogP contribution in [-0.2, 0) is 21.2 Å². The van der Waals surface area contributed by atoms with Crippen LogP contribution in [0.5, 0.6) is 11.5 Å². The van der Waals surface area contributed by atoms with E-state index in [0.29, 0.717) is 23.7 Å². The molecule has 0 saturated carbocycles. The topological polar surface area (TPSA) is 99.5 Å². The standard InChI is InChI=1S/C23H25N3O5S/c1-30-21-10-6-9-19(23(21)31-2)16-26-17-20(15-24-26)25-22(27)12-14-32(28,29)13-11-18-7-4-3-5-8-18/h3-11,13,15,17H,12,14,16H2,1-2H3,(H,25,27). The number of ether oxygens (including phenoxy) is 2. The molecule has 0 spiro atoms. The number of sulfone groups is 1. The predicted molar refractivity (Wildman–Crippen MR) is 123 cm³/mol. The largest absolute Gasteiger partial charge is 0.493 e. The molecule has 9 heteroatoms. The van der Waals surface area contributed by atoms with Crippen LogP contribution in [0.15, 0.2) is 66.3 Å². The van der Waals surface area contributed by atoms with Crippen LogP contribution in [0.25, 0.3) is 6.08 Å². The number of aromatic nitrogens is 2. The van der Waals surface area contributed by atoms with Gasteiger partial charge in [0.1, 0.15) is 0 Å². The van der Waals surface area contributed by atoms with Crippen molar-refractivity contribution in [3.8, 4) is 11.5 Å². The van der Waals surface area contributed by atoms with E-state index in [2.05, 4.69) is 10.4 Å². The van der Waals surface area contributed by atoms with Crippen LogP contribution < -0.4 is 14.8 Å². The minimum absolute atomic E-state index is 0.156. The molecule has 0 aliphatic carbocycles. The third kappa shape index (κ3) is 6.45. The molecule has 3 aromatic rings. The maximum atomic E-state index is 12.2. The average molecular weight is 456 g/mol. The van der Waals surface area contributed by atoms with Crippen molar-refractivity contribution in [1.82, 2.24) is 9.78 Å². The second-order valence-corrected chi connectivity index (χ2v) is 8.96. The van der Waals surface area contributed by atoms with Gasteiger partial charge < -0.3 is 14.8 Å². The molecule has 1 amide bonds. The lowest BCUT2D eigenvalue weighted by molar-refractivity contribution is -0.115. The van der Waals surface area contributed by atoms with E-state index in [1.54, 1.807) is 43.3 Å². The first-order chi connectivity index (χ1) is 15.4. The highest BCUT2D eigenvalue weighted by Gasteiger charge is 2.13. The molecule has 1 aromatic heterocycles. The molecule has 0 radical (unpaired) electrons. The second kappa shape index (κ2) is 10.6. The van der Waals surface area contributed by atoms with Crippen molar-refractivity contribution in [2.75, 3.05) is 25.3 Å². The summed E-state index contributed by atoms with van der Waals surface area (Å²) in [6.07, 6.45) is 4.54. The van der Waals surface area contributed by atoms with Crippen molar-refractivity contribution >= 4 is 27.5 Å². The molecule has 0 fully saturated rings. The van der Waals surface area contributed by atoms with Crippen molar-refractivity contribution < 1.29 is 22.7 Å². The Morgan fingerprint density at radius 3 is 2.59 bits per heavy atom. The van der Waals surface area contributed by atoms with Gasteiger partial charge in [-0.25, -0.2) is 8.42 Å². The summed E-state index contributed by atoms with van der Waals surface area (Å²) >= 11 is 0. The number of carbonyl (C=O) groups is 1. The van der Waals surface area contributed by atoms with Gasteiger partial charge in [0.2, 0.25) is 5.91 Å². The molecule has 0 bridgehead atoms. The highest BCUT2D eigenvalue weighted by molar-refractivity contribution is 7.94. The highest BCUT2D eigenvalue weighted by Crippen LogP contribution is 2.31. The molecule has 32 heavy (non-hydrogen) atoms. The number of rotatable bonds is 10. The zero-order valence-corrected chi connectivity index (χ0v) is 18.7. The van der Waals surface area contributed by atoms with Gasteiger partial charge in [0.15, 0.2) is 21.3 Å². The molecule has 0 atom stereocenters. The first-order valence-corrected chi connectivity index (χ1v) is 11.6. The fraction of sp³-hybridized carbons (Fsp3) is 0.217. The predicted octanol–water partition coefficient (Wildman–Crippen LogP) is 3.36. The normalized spacial score (nSPS) is 11.4. The van der Waals surface area contributed by atoms with E-state index in [0.717, 1.165) is 16.5 Å². The van der Waals surface area contributed by atoms with Crippen LogP contribution in [0.2, 0.25) is 0 Å². The number of nitrogens with zero attached hydrogens (tertiary/aromatic N) is 2. The first kappa shape index (κ1) is 23.1. The minimum Gasteiger partial charge on any atom is -0.493 e. The van der Waals surface area contributed by atoms with Gasteiger partial charge in [0, 0.05) is 23.6 Å². The number of anilines is 1. The fourth-order valence-electron chi connectivity index (χ4n) is 3.04. The Morgan fingerprint density at radius 1 is 1.09 bits per heavy atom. The first-order valence-electron chi connectivity index (χ1n) is 9.88. The minimum atomic E-state index is -3.50. The zero-order chi connectivity index (χ0) is 23.0. The van der Waals surface area contributed by atoms with Crippen molar-refractivity contribution in [1.29, 1.82) is 0 Å². The number of nitrogens with one attached hydrogen (secondary N) is 1. The summed E-state index contributed by atoms with van der Waals surface area (Å²) < 4.78 is 36.7. The number of amides is 1. The Morgan fingerprint density at radius 2 is 1.88 bits per heavy atom. The van der Waals surface area contributed by atoms with Gasteiger partial charge in [-0.2, -0.15) is 5.10 Å². The smallest absolute Gasteiger partial charge is 0.225 e. The molecule has 0 aliphatic rings. The third-order valence-electron chi connectivity index (χ3n) is 4.61. The number of benzene rings is 2. The van der Waals surface area contributed by atoms with Crippen molar-refractivity contribution in [2.45, 2.75) is 13.0 Å². The van der Waals surface area contributed by atoms with Gasteiger partial charge in [0.05, 0.1) is 38.4 Å². The molecule has 0 saturated heterocycles. The van der Waals surface area contributed by atoms with Gasteiger partial charge in [-0.15, -0.1) is 0 Å². The number of methoxy groups -OCH3 is 2. The lowest BCUT2D eigenvalue weighted by Gasteiger charge is -2.12. The summed E-state index contributed by atoms with van der Waals surface area (Å²) in [6, 6.07) is 14.7. The summed E-state index contributed by atoms with van der Waals surface area (Å²) in [5.74, 6) is 0.551. The molecular weight excluding hydrogens is 430 g/mol. The average Bonchev–Trinajstić information content (AvgIpc) is 3.23. The maximum Gasteiger partial charge on any atom is 0.225 e. The summed E-state index contributed by atoms with van der Waals surface area (Å²) in [4.78, 5) is 12.2. The van der Waals surface area contributed by atoms with E-state index in [1.165, 1.54) is 12.3 Å². The molecular formula is C23H25N3O5S. The molecule has 0 aliphatic heterocycles. The summed E-state index contributed by atoms with van der Waals surface area (Å²) in [6.45, 7) is 0.412. The van der Waals surface area contributed by atoms with Crippen LogP contribution in [0, 0.1) is 0 Å². The quantitative estimate of drug-likeness (QED) is 0.503. The van der Waals surface area contributed by atoms with Crippen LogP contribution in [-0.4, -0.2) is 44.1 Å². The van der Waals surface area contributed by atoms with Crippen molar-refractivity contribution in [3.05, 3.63) is 77.5 Å². The molecule has 1 N–H and O–H groups in total. The van der Waals surface area contributed by atoms with E-state index < -0.39 is 15.7 Å². The molecule has 2 aromatic carbocycles. The maximum absolute atomic E-state index is 12.2. The van der Waals surface area contributed by atoms with Crippen molar-refractivity contribution in [3.63, 3.8) is 0 Å². The molecule has 168 valence electrons. The number of carbonyl (C=O) groups excluding carboxylic acids is 1. The van der Waals surface area contributed by atoms with Gasteiger partial charge in [0.25, 0.3) is 0 Å². The van der Waals surface area contributed by atoms with Gasteiger partial charge in [-0.05, 0) is 17.7 Å². The molecule has 1 heterocycles. The van der Waals surface area contributed by atoms with E-state index in [9.17, 15) is 13.2 Å². The molecule has 8 nitrogen and oxygen atoms in total. The Balaban J connectivity index is 1.55. The monoisotopic (exact) mass is 455 g/mol. The van der Waals surface area contributed by atoms with Gasteiger partial charge in [-0.3, -0.25) is 9.48 Å². The number of hydrogen-bond donors (Lipinski definition) is 1. The second-order valence-electron chi connectivity index (χ2n) is 6.96. The Hall–Kier alpha value is -3.59. The van der Waals surface area contributed by atoms with E-state index >= 15 is 0 Å². The fourth-order valence-corrected chi connectivity index (χ4v) is 4.01. The van der Waals surface area contributed by atoms with E-state index in [1.807, 2.05) is 30.3 Å². The summed E-state index contributed by atoms with van der Waals surface area (Å²) in [7, 11) is -0.366. The van der Waals surface area contributed by atoms with E-state index in [-0.39, 0.29) is 12.2 Å². The zero-order valence-electron chi connectivity index (χ0n) is 17.9. The Labute approximate surface area is 187 Å². The third-order valence-corrected chi connectivity index (χ3v) is 5.94. The van der Waals surface area contributed by atoms with E-state index in [4.69, 9.17) is 9.47 Å². The van der Waals surface area contributed by atoms with Crippen LogP contribution in [0.3, 0.4) is 0 Å². The van der Waals surface area contributed by atoms with Crippen LogP contribution >= 0.6 is 0 Å². The van der Waals surface area contributed by atoms with Gasteiger partial charge >= 0.3 is 0 Å². The summed E-state index contributed by atoms with van der Waals surface area (Å²) in [5.41, 5.74) is 2.12. The van der Waals surface area contributed by atoms with Gasteiger partial charge in [-0.1, -0.05) is 42.5 Å². The molecule has 3 rings (SSSR count). The summed E-state index contributed by atoms with van der Waals surface area (Å²) in [5, 5.41) is 8.06. The number of para-hydroxylation sites is 1. The van der Waals surface area contributed by atoms with Crippen LogP contribution in [0.4, 0.5) is 5.69 Å². The lowest BCUT2D eigenvalue weighted by atomic mass is 10.2.